The Hall–Kier alpha value is -1.39. The number of aliphatic hydroxyl groups excluding tert-OH is 1. The molecule has 1 aliphatic rings. The van der Waals surface area contributed by atoms with Crippen LogP contribution in [0.25, 0.3) is 0 Å². The van der Waals surface area contributed by atoms with Crippen molar-refractivity contribution in [2.45, 2.75) is 31.8 Å². The molecule has 0 aromatic heterocycles. The number of ether oxygens (including phenoxy) is 1. The molecule has 0 spiro atoms. The highest BCUT2D eigenvalue weighted by Gasteiger charge is 2.52. The van der Waals surface area contributed by atoms with Crippen LogP contribution >= 0.6 is 0 Å². The van der Waals surface area contributed by atoms with Crippen LogP contribution in [-0.4, -0.2) is 42.3 Å². The van der Waals surface area contributed by atoms with Gasteiger partial charge in [0.2, 0.25) is 0 Å². The second-order valence-electron chi connectivity index (χ2n) is 5.88. The van der Waals surface area contributed by atoms with Crippen LogP contribution in [0.15, 0.2) is 24.3 Å². The number of likely N-dealkylation sites (tertiary alicyclic amines) is 1. The fourth-order valence-corrected chi connectivity index (χ4v) is 3.26. The Labute approximate surface area is 120 Å². The molecule has 0 radical (unpaired) electrons. The number of aryl methyl sites for hydroxylation is 1. The summed E-state index contributed by atoms with van der Waals surface area (Å²) in [5.74, 6) is -0.208. The average molecular weight is 277 g/mol. The van der Waals surface area contributed by atoms with E-state index in [1.54, 1.807) is 0 Å². The van der Waals surface area contributed by atoms with E-state index in [9.17, 15) is 9.90 Å². The number of methoxy groups -OCH3 is 1. The predicted molar refractivity (Wildman–Crippen MR) is 77.3 cm³/mol. The molecule has 110 valence electrons. The third-order valence-electron chi connectivity index (χ3n) is 4.58. The molecule has 1 heterocycles. The number of carbonyl (C=O) groups is 1. The van der Waals surface area contributed by atoms with Crippen molar-refractivity contribution in [3.8, 4) is 0 Å². The number of aliphatic hydroxyl groups is 1. The SMILES string of the molecule is COC(=O)[C@]1(C)C[C@@H](CO)[C@H](c2ccc(C)cc2)N1C. The minimum atomic E-state index is -0.683. The minimum Gasteiger partial charge on any atom is -0.468 e. The molecule has 0 aliphatic carbocycles. The van der Waals surface area contributed by atoms with E-state index in [1.807, 2.05) is 25.8 Å². The van der Waals surface area contributed by atoms with Crippen molar-refractivity contribution in [3.05, 3.63) is 35.4 Å². The van der Waals surface area contributed by atoms with Gasteiger partial charge in [0, 0.05) is 18.6 Å². The van der Waals surface area contributed by atoms with E-state index in [4.69, 9.17) is 4.74 Å². The summed E-state index contributed by atoms with van der Waals surface area (Å²) in [6.07, 6.45) is 0.602. The summed E-state index contributed by atoms with van der Waals surface area (Å²) in [6, 6.07) is 8.30. The first-order valence-electron chi connectivity index (χ1n) is 6.93. The van der Waals surface area contributed by atoms with Gasteiger partial charge in [0.1, 0.15) is 5.54 Å². The average Bonchev–Trinajstić information content (AvgIpc) is 2.72. The Kier molecular flexibility index (Phi) is 4.16. The summed E-state index contributed by atoms with van der Waals surface area (Å²) in [6.45, 7) is 4.00. The summed E-state index contributed by atoms with van der Waals surface area (Å²) in [7, 11) is 3.34. The van der Waals surface area contributed by atoms with Gasteiger partial charge < -0.3 is 9.84 Å². The van der Waals surface area contributed by atoms with Gasteiger partial charge in [-0.25, -0.2) is 0 Å². The minimum absolute atomic E-state index is 0.0321. The van der Waals surface area contributed by atoms with Crippen molar-refractivity contribution in [3.63, 3.8) is 0 Å². The van der Waals surface area contributed by atoms with Crippen LogP contribution in [0.4, 0.5) is 0 Å². The van der Waals surface area contributed by atoms with E-state index in [0.29, 0.717) is 6.42 Å². The van der Waals surface area contributed by atoms with Gasteiger partial charge in [0.05, 0.1) is 7.11 Å². The van der Waals surface area contributed by atoms with E-state index in [0.717, 1.165) is 5.56 Å². The molecule has 1 aromatic rings. The maximum atomic E-state index is 12.1. The lowest BCUT2D eigenvalue weighted by Crippen LogP contribution is -2.47. The molecule has 0 saturated carbocycles. The van der Waals surface area contributed by atoms with Crippen molar-refractivity contribution in [2.75, 3.05) is 20.8 Å². The van der Waals surface area contributed by atoms with Gasteiger partial charge in [-0.2, -0.15) is 0 Å². The summed E-state index contributed by atoms with van der Waals surface area (Å²) >= 11 is 0. The van der Waals surface area contributed by atoms with Gasteiger partial charge in [-0.15, -0.1) is 0 Å². The van der Waals surface area contributed by atoms with E-state index in [-0.39, 0.29) is 24.5 Å². The summed E-state index contributed by atoms with van der Waals surface area (Å²) < 4.78 is 4.94. The zero-order valence-electron chi connectivity index (χ0n) is 12.6. The standard InChI is InChI=1S/C16H23NO3/c1-11-5-7-12(8-6-11)14-13(10-18)9-16(2,17(14)3)15(19)20-4/h5-8,13-14,18H,9-10H2,1-4H3/t13-,14-,16-/m0/s1. The zero-order chi connectivity index (χ0) is 14.9. The Morgan fingerprint density at radius 3 is 2.55 bits per heavy atom. The molecule has 3 atom stereocenters. The van der Waals surface area contributed by atoms with Gasteiger partial charge in [-0.3, -0.25) is 9.69 Å². The number of rotatable bonds is 3. The maximum absolute atomic E-state index is 12.1. The third kappa shape index (κ3) is 2.34. The van der Waals surface area contributed by atoms with Gasteiger partial charge in [0.15, 0.2) is 0 Å². The topological polar surface area (TPSA) is 49.8 Å². The zero-order valence-corrected chi connectivity index (χ0v) is 12.6. The van der Waals surface area contributed by atoms with Crippen molar-refractivity contribution in [1.29, 1.82) is 0 Å². The van der Waals surface area contributed by atoms with Gasteiger partial charge in [0.25, 0.3) is 0 Å². The fraction of sp³-hybridized carbons (Fsp3) is 0.562. The number of carbonyl (C=O) groups excluding carboxylic acids is 1. The summed E-state index contributed by atoms with van der Waals surface area (Å²) in [4.78, 5) is 14.1. The lowest BCUT2D eigenvalue weighted by molar-refractivity contribution is -0.152. The van der Waals surface area contributed by atoms with Crippen LogP contribution in [0.1, 0.15) is 30.5 Å². The lowest BCUT2D eigenvalue weighted by Gasteiger charge is -2.33. The number of benzene rings is 1. The third-order valence-corrected chi connectivity index (χ3v) is 4.58. The molecule has 0 bridgehead atoms. The molecule has 0 unspecified atom stereocenters. The second-order valence-corrected chi connectivity index (χ2v) is 5.88. The van der Waals surface area contributed by atoms with Gasteiger partial charge in [-0.1, -0.05) is 29.8 Å². The fourth-order valence-electron chi connectivity index (χ4n) is 3.26. The molecule has 1 fully saturated rings. The molecule has 1 aromatic carbocycles. The molecule has 2 rings (SSSR count). The Balaban J connectivity index is 2.37. The van der Waals surface area contributed by atoms with Crippen molar-refractivity contribution in [1.82, 2.24) is 4.90 Å². The summed E-state index contributed by atoms with van der Waals surface area (Å²) in [5.41, 5.74) is 1.65. The largest absolute Gasteiger partial charge is 0.468 e. The molecule has 0 amide bonds. The molecule has 20 heavy (non-hydrogen) atoms. The van der Waals surface area contributed by atoms with Gasteiger partial charge in [-0.05, 0) is 32.9 Å². The van der Waals surface area contributed by atoms with E-state index >= 15 is 0 Å². The molecule has 1 N–H and O–H groups in total. The van der Waals surface area contributed by atoms with Crippen molar-refractivity contribution in [2.24, 2.45) is 5.92 Å². The molecule has 1 aliphatic heterocycles. The molecule has 1 saturated heterocycles. The first-order valence-corrected chi connectivity index (χ1v) is 6.93. The van der Waals surface area contributed by atoms with E-state index in [2.05, 4.69) is 24.3 Å². The monoisotopic (exact) mass is 277 g/mol. The smallest absolute Gasteiger partial charge is 0.326 e. The van der Waals surface area contributed by atoms with E-state index < -0.39 is 5.54 Å². The van der Waals surface area contributed by atoms with Crippen LogP contribution < -0.4 is 0 Å². The molecular formula is C16H23NO3. The number of hydrogen-bond donors (Lipinski definition) is 1. The summed E-state index contributed by atoms with van der Waals surface area (Å²) in [5, 5.41) is 9.68. The quantitative estimate of drug-likeness (QED) is 0.858. The van der Waals surface area contributed by atoms with Crippen molar-refractivity contribution >= 4 is 5.97 Å². The highest BCUT2D eigenvalue weighted by atomic mass is 16.5. The van der Waals surface area contributed by atoms with Crippen molar-refractivity contribution < 1.29 is 14.6 Å². The number of esters is 1. The first-order chi connectivity index (χ1) is 9.43. The predicted octanol–water partition coefficient (Wildman–Crippen LogP) is 1.91. The van der Waals surface area contributed by atoms with Crippen LogP contribution in [0.5, 0.6) is 0 Å². The Bertz CT molecular complexity index is 485. The highest BCUT2D eigenvalue weighted by Crippen LogP contribution is 2.45. The second kappa shape index (κ2) is 5.54. The molecule has 4 heteroatoms. The normalized spacial score (nSPS) is 30.4. The lowest BCUT2D eigenvalue weighted by atomic mass is 9.90. The van der Waals surface area contributed by atoms with Crippen LogP contribution in [-0.2, 0) is 9.53 Å². The van der Waals surface area contributed by atoms with Crippen LogP contribution in [0.3, 0.4) is 0 Å². The maximum Gasteiger partial charge on any atom is 0.326 e. The molecule has 4 nitrogen and oxygen atoms in total. The first kappa shape index (κ1) is 15.0. The van der Waals surface area contributed by atoms with Crippen LogP contribution in [0, 0.1) is 12.8 Å². The Morgan fingerprint density at radius 1 is 1.45 bits per heavy atom. The number of likely N-dealkylation sites (N-methyl/N-ethyl adjacent to an activating group) is 1. The number of hydrogen-bond acceptors (Lipinski definition) is 4. The van der Waals surface area contributed by atoms with Crippen LogP contribution in [0.2, 0.25) is 0 Å². The number of nitrogens with zero attached hydrogens (tertiary/aromatic N) is 1. The highest BCUT2D eigenvalue weighted by molar-refractivity contribution is 5.80. The van der Waals surface area contributed by atoms with E-state index in [1.165, 1.54) is 12.7 Å². The Morgan fingerprint density at radius 2 is 2.05 bits per heavy atom. The van der Waals surface area contributed by atoms with Gasteiger partial charge >= 0.3 is 5.97 Å². The molecular weight excluding hydrogens is 254 g/mol.